The maximum Gasteiger partial charge on any atom is 0.331 e. The lowest BCUT2D eigenvalue weighted by molar-refractivity contribution is -0.134. The van der Waals surface area contributed by atoms with Crippen molar-refractivity contribution in [2.45, 2.75) is 0 Å². The summed E-state index contributed by atoms with van der Waals surface area (Å²) in [5, 5.41) is 18.0. The molecule has 24 heavy (non-hydrogen) atoms. The van der Waals surface area contributed by atoms with Crippen LogP contribution in [0.5, 0.6) is 0 Å². The van der Waals surface area contributed by atoms with E-state index in [1.165, 1.54) is 13.2 Å². The first kappa shape index (κ1) is 16.7. The van der Waals surface area contributed by atoms with Crippen molar-refractivity contribution in [1.82, 2.24) is 0 Å². The van der Waals surface area contributed by atoms with Gasteiger partial charge in [-0.05, 0) is 41.0 Å². The van der Waals surface area contributed by atoms with E-state index in [9.17, 15) is 4.79 Å². The normalized spacial score (nSPS) is 10.9. The second-order valence-corrected chi connectivity index (χ2v) is 4.89. The second kappa shape index (κ2) is 8.12. The molecule has 0 amide bonds. The molecule has 0 unspecified atom stereocenters. The smallest absolute Gasteiger partial charge is 0.331 e. The maximum absolute atomic E-state index is 11.6. The van der Waals surface area contributed by atoms with Crippen LogP contribution in [0.4, 0.5) is 0 Å². The zero-order valence-corrected chi connectivity index (χ0v) is 13.1. The molecule has 0 saturated heterocycles. The van der Waals surface area contributed by atoms with Crippen molar-refractivity contribution in [1.29, 1.82) is 10.5 Å². The van der Waals surface area contributed by atoms with Crippen LogP contribution in [0, 0.1) is 22.7 Å². The molecule has 0 heterocycles. The fourth-order valence-corrected chi connectivity index (χ4v) is 2.08. The topological polar surface area (TPSA) is 73.9 Å². The van der Waals surface area contributed by atoms with Gasteiger partial charge in [0.15, 0.2) is 0 Å². The molecule has 2 aromatic carbocycles. The summed E-state index contributed by atoms with van der Waals surface area (Å²) in [6.07, 6.45) is 4.92. The van der Waals surface area contributed by atoms with Gasteiger partial charge in [-0.2, -0.15) is 10.5 Å². The minimum absolute atomic E-state index is 0.484. The molecule has 0 fully saturated rings. The summed E-state index contributed by atoms with van der Waals surface area (Å²) in [5.74, 6) is -0.484. The van der Waals surface area contributed by atoms with Gasteiger partial charge in [-0.15, -0.1) is 0 Å². The van der Waals surface area contributed by atoms with E-state index in [2.05, 4.69) is 12.1 Å². The lowest BCUT2D eigenvalue weighted by Gasteiger charge is -2.04. The lowest BCUT2D eigenvalue weighted by atomic mass is 10.0. The molecule has 4 heteroatoms. The van der Waals surface area contributed by atoms with Gasteiger partial charge in [-0.1, -0.05) is 36.4 Å². The number of rotatable bonds is 4. The summed E-state index contributed by atoms with van der Waals surface area (Å²) in [7, 11) is 1.31. The van der Waals surface area contributed by atoms with Gasteiger partial charge in [0.2, 0.25) is 0 Å². The second-order valence-electron chi connectivity index (χ2n) is 4.89. The summed E-state index contributed by atoms with van der Waals surface area (Å²) in [5.41, 5.74) is 3.24. The van der Waals surface area contributed by atoms with E-state index in [1.807, 2.05) is 12.1 Å². The Balaban J connectivity index is 2.42. The van der Waals surface area contributed by atoms with Crippen LogP contribution < -0.4 is 0 Å². The third-order valence-corrected chi connectivity index (χ3v) is 3.27. The highest BCUT2D eigenvalue weighted by atomic mass is 16.5. The Morgan fingerprint density at radius 1 is 1.04 bits per heavy atom. The number of ether oxygens (including phenoxy) is 1. The fourth-order valence-electron chi connectivity index (χ4n) is 2.08. The van der Waals surface area contributed by atoms with Gasteiger partial charge in [0, 0.05) is 6.08 Å². The third-order valence-electron chi connectivity index (χ3n) is 3.27. The third kappa shape index (κ3) is 4.43. The number of esters is 1. The molecule has 0 atom stereocenters. The van der Waals surface area contributed by atoms with Crippen molar-refractivity contribution in [2.75, 3.05) is 7.11 Å². The Kier molecular flexibility index (Phi) is 5.66. The molecule has 2 rings (SSSR count). The molecular formula is C20H14N2O2. The van der Waals surface area contributed by atoms with Gasteiger partial charge in [-0.3, -0.25) is 0 Å². The van der Waals surface area contributed by atoms with Crippen LogP contribution in [-0.2, 0) is 9.53 Å². The molecule has 0 aliphatic carbocycles. The predicted octanol–water partition coefficient (Wildman–Crippen LogP) is 3.70. The zero-order valence-electron chi connectivity index (χ0n) is 13.1. The number of hydrogen-bond donors (Lipinski definition) is 0. The van der Waals surface area contributed by atoms with Crippen LogP contribution in [0.25, 0.3) is 11.6 Å². The summed E-state index contributed by atoms with van der Waals surface area (Å²) >= 11 is 0. The SMILES string of the molecule is COC(=O)/C=C(/C=C/c1cccc(C#N)c1)c1cccc(C#N)c1. The number of hydrogen-bond acceptors (Lipinski definition) is 4. The monoisotopic (exact) mass is 314 g/mol. The van der Waals surface area contributed by atoms with Crippen molar-refractivity contribution in [3.63, 3.8) is 0 Å². The van der Waals surface area contributed by atoms with Crippen molar-refractivity contribution in [3.05, 3.63) is 82.9 Å². The number of nitriles is 2. The van der Waals surface area contributed by atoms with Gasteiger partial charge in [-0.25, -0.2) is 4.79 Å². The van der Waals surface area contributed by atoms with E-state index in [0.29, 0.717) is 16.7 Å². The van der Waals surface area contributed by atoms with Crippen molar-refractivity contribution >= 4 is 17.6 Å². The van der Waals surface area contributed by atoms with Crippen LogP contribution in [0.15, 0.2) is 60.7 Å². The number of benzene rings is 2. The first-order valence-corrected chi connectivity index (χ1v) is 7.14. The van der Waals surface area contributed by atoms with Crippen LogP contribution in [0.2, 0.25) is 0 Å². The molecule has 0 saturated carbocycles. The molecule has 4 nitrogen and oxygen atoms in total. The Bertz CT molecular complexity index is 896. The highest BCUT2D eigenvalue weighted by Gasteiger charge is 2.04. The number of carbonyl (C=O) groups excluding carboxylic acids is 1. The van der Waals surface area contributed by atoms with Gasteiger partial charge in [0.1, 0.15) is 0 Å². The molecule has 0 aliphatic rings. The Labute approximate surface area is 140 Å². The van der Waals surface area contributed by atoms with Crippen molar-refractivity contribution in [3.8, 4) is 12.1 Å². The van der Waals surface area contributed by atoms with E-state index < -0.39 is 5.97 Å². The predicted molar refractivity (Wildman–Crippen MR) is 91.3 cm³/mol. The first-order chi connectivity index (χ1) is 11.7. The maximum atomic E-state index is 11.6. The number of carbonyl (C=O) groups is 1. The van der Waals surface area contributed by atoms with Crippen LogP contribution in [-0.4, -0.2) is 13.1 Å². The summed E-state index contributed by atoms with van der Waals surface area (Å²) in [6, 6.07) is 18.2. The van der Waals surface area contributed by atoms with Gasteiger partial charge < -0.3 is 4.74 Å². The van der Waals surface area contributed by atoms with Crippen LogP contribution >= 0.6 is 0 Å². The van der Waals surface area contributed by atoms with Crippen LogP contribution in [0.3, 0.4) is 0 Å². The molecule has 0 aromatic heterocycles. The standard InChI is InChI=1S/C20H14N2O2/c1-24-20(23)12-19(18-7-3-6-17(11-18)14-22)9-8-15-4-2-5-16(10-15)13-21/h2-12H,1H3/b9-8+,19-12-. The molecule has 0 aliphatic heterocycles. The molecule has 116 valence electrons. The fraction of sp³-hybridized carbons (Fsp3) is 0.0500. The average molecular weight is 314 g/mol. The number of nitrogens with zero attached hydrogens (tertiary/aromatic N) is 2. The van der Waals surface area contributed by atoms with Gasteiger partial charge in [0.05, 0.1) is 30.4 Å². The summed E-state index contributed by atoms with van der Waals surface area (Å²) in [4.78, 5) is 11.6. The Morgan fingerprint density at radius 3 is 2.38 bits per heavy atom. The Morgan fingerprint density at radius 2 is 1.71 bits per heavy atom. The van der Waals surface area contributed by atoms with E-state index in [1.54, 1.807) is 48.6 Å². The minimum atomic E-state index is -0.484. The molecular weight excluding hydrogens is 300 g/mol. The van der Waals surface area contributed by atoms with Crippen molar-refractivity contribution in [2.24, 2.45) is 0 Å². The number of methoxy groups -OCH3 is 1. The lowest BCUT2D eigenvalue weighted by Crippen LogP contribution is -1.96. The largest absolute Gasteiger partial charge is 0.466 e. The van der Waals surface area contributed by atoms with Gasteiger partial charge in [0.25, 0.3) is 0 Å². The molecule has 0 radical (unpaired) electrons. The highest BCUT2D eigenvalue weighted by molar-refractivity contribution is 5.95. The molecule has 2 aromatic rings. The minimum Gasteiger partial charge on any atom is -0.466 e. The quantitative estimate of drug-likeness (QED) is 0.490. The highest BCUT2D eigenvalue weighted by Crippen LogP contribution is 2.19. The summed E-state index contributed by atoms with van der Waals surface area (Å²) < 4.78 is 4.69. The summed E-state index contributed by atoms with van der Waals surface area (Å²) in [6.45, 7) is 0. The molecule has 0 spiro atoms. The van der Waals surface area contributed by atoms with E-state index in [-0.39, 0.29) is 0 Å². The van der Waals surface area contributed by atoms with Crippen molar-refractivity contribution < 1.29 is 9.53 Å². The van der Waals surface area contributed by atoms with E-state index >= 15 is 0 Å². The first-order valence-electron chi connectivity index (χ1n) is 7.14. The van der Waals surface area contributed by atoms with E-state index in [0.717, 1.165) is 11.1 Å². The Hall–Kier alpha value is -3.63. The van der Waals surface area contributed by atoms with Gasteiger partial charge >= 0.3 is 5.97 Å². The zero-order chi connectivity index (χ0) is 17.4. The average Bonchev–Trinajstić information content (AvgIpc) is 2.65. The number of allylic oxidation sites excluding steroid dienone is 2. The molecule has 0 N–H and O–H groups in total. The van der Waals surface area contributed by atoms with E-state index in [4.69, 9.17) is 15.3 Å². The molecule has 0 bridgehead atoms. The van der Waals surface area contributed by atoms with Crippen LogP contribution in [0.1, 0.15) is 22.3 Å².